The Kier molecular flexibility index (Phi) is 7.70. The molecule has 2 aromatic heterocycles. The first-order valence-corrected chi connectivity index (χ1v) is 13.0. The van der Waals surface area contributed by atoms with Crippen LogP contribution in [0.4, 0.5) is 5.82 Å². The highest BCUT2D eigenvalue weighted by Crippen LogP contribution is 2.43. The Morgan fingerprint density at radius 2 is 1.94 bits per heavy atom. The fourth-order valence-electron chi connectivity index (χ4n) is 3.73. The number of carbonyl (C=O) groups is 2. The second kappa shape index (κ2) is 10.9. The molecule has 0 bridgehead atoms. The van der Waals surface area contributed by atoms with Crippen molar-refractivity contribution in [2.75, 3.05) is 23.4 Å². The molecular formula is C25H25N3O4S2. The van der Waals surface area contributed by atoms with E-state index in [4.69, 9.17) is 9.15 Å². The van der Waals surface area contributed by atoms with E-state index in [1.165, 1.54) is 12.0 Å². The highest BCUT2D eigenvalue weighted by Gasteiger charge is 2.21. The monoisotopic (exact) mass is 495 g/mol. The van der Waals surface area contributed by atoms with Crippen LogP contribution in [0.3, 0.4) is 0 Å². The first-order valence-electron chi connectivity index (χ1n) is 10.9. The van der Waals surface area contributed by atoms with E-state index in [-0.39, 0.29) is 0 Å². The minimum atomic E-state index is -0.565. The summed E-state index contributed by atoms with van der Waals surface area (Å²) in [5, 5.41) is 12.4. The van der Waals surface area contributed by atoms with Crippen LogP contribution in [0.15, 0.2) is 47.1 Å². The molecule has 0 saturated carbocycles. The molecule has 0 atom stereocenters. The van der Waals surface area contributed by atoms with E-state index in [1.54, 1.807) is 24.5 Å². The highest BCUT2D eigenvalue weighted by atomic mass is 32.2. The molecule has 1 fully saturated rings. The van der Waals surface area contributed by atoms with Gasteiger partial charge in [0.25, 0.3) is 5.91 Å². The van der Waals surface area contributed by atoms with Gasteiger partial charge in [-0.3, -0.25) is 4.79 Å². The van der Waals surface area contributed by atoms with E-state index < -0.39 is 18.5 Å². The summed E-state index contributed by atoms with van der Waals surface area (Å²) in [5.74, 6) is 2.26. The van der Waals surface area contributed by atoms with Gasteiger partial charge in [-0.05, 0) is 67.2 Å². The third-order valence-corrected chi connectivity index (χ3v) is 8.69. The van der Waals surface area contributed by atoms with Crippen molar-refractivity contribution < 1.29 is 18.7 Å². The molecule has 3 heterocycles. The molecule has 1 amide bonds. The van der Waals surface area contributed by atoms with Gasteiger partial charge in [0.2, 0.25) is 0 Å². The van der Waals surface area contributed by atoms with Gasteiger partial charge in [-0.2, -0.15) is 5.26 Å². The molecule has 1 aliphatic heterocycles. The number of carbonyl (C=O) groups excluding carboxylic acids is 2. The molecule has 3 aromatic rings. The lowest BCUT2D eigenvalue weighted by molar-refractivity contribution is -0.119. The fourth-order valence-corrected chi connectivity index (χ4v) is 6.62. The van der Waals surface area contributed by atoms with Gasteiger partial charge in [-0.25, -0.2) is 4.79 Å². The number of ether oxygens (including phenoxy) is 1. The molecular weight excluding hydrogens is 470 g/mol. The number of hydrogen-bond acceptors (Lipinski definition) is 7. The summed E-state index contributed by atoms with van der Waals surface area (Å²) in [6, 6.07) is 13.1. The summed E-state index contributed by atoms with van der Waals surface area (Å²) in [6.45, 7) is 3.61. The minimum absolute atomic E-state index is 0.362. The van der Waals surface area contributed by atoms with Crippen LogP contribution in [0.5, 0.6) is 0 Å². The number of nitrogens with zero attached hydrogens (tertiary/aromatic N) is 2. The van der Waals surface area contributed by atoms with Crippen LogP contribution in [-0.2, 0) is 16.1 Å². The number of esters is 1. The van der Waals surface area contributed by atoms with Crippen LogP contribution >= 0.6 is 23.5 Å². The molecule has 34 heavy (non-hydrogen) atoms. The van der Waals surface area contributed by atoms with Gasteiger partial charge in [0.1, 0.15) is 17.6 Å². The van der Waals surface area contributed by atoms with Crippen LogP contribution in [0.1, 0.15) is 49.5 Å². The molecule has 1 saturated heterocycles. The average Bonchev–Trinajstić information content (AvgIpc) is 3.46. The zero-order valence-corrected chi connectivity index (χ0v) is 20.6. The molecule has 7 nitrogen and oxygen atoms in total. The Labute approximate surface area is 206 Å². The van der Waals surface area contributed by atoms with Crippen LogP contribution in [-0.4, -0.2) is 34.6 Å². The molecule has 4 rings (SSSR count). The van der Waals surface area contributed by atoms with Gasteiger partial charge < -0.3 is 19.0 Å². The summed E-state index contributed by atoms with van der Waals surface area (Å²) in [4.78, 5) is 25.1. The van der Waals surface area contributed by atoms with Gasteiger partial charge in [-0.15, -0.1) is 23.5 Å². The second-order valence-corrected chi connectivity index (χ2v) is 10.6. The normalized spacial score (nSPS) is 13.9. The third kappa shape index (κ3) is 5.34. The average molecular weight is 496 g/mol. The lowest BCUT2D eigenvalue weighted by Gasteiger charge is -2.21. The maximum atomic E-state index is 12.6. The zero-order valence-electron chi connectivity index (χ0n) is 19.0. The highest BCUT2D eigenvalue weighted by molar-refractivity contribution is 8.16. The van der Waals surface area contributed by atoms with Crippen molar-refractivity contribution in [1.82, 2.24) is 4.57 Å². The number of nitriles is 1. The maximum Gasteiger partial charge on any atom is 0.338 e. The van der Waals surface area contributed by atoms with Crippen LogP contribution < -0.4 is 5.32 Å². The standard InChI is InChI=1S/C25H25N3O4S2/c1-16-17(2)28(14-20-5-3-10-31-20)23(21(16)13-26)27-22(29)15-32-24(30)18-6-8-19(9-7-18)25-33-11-4-12-34-25/h3,5-10,25H,4,11-12,14-15H2,1-2H3,(H,27,29). The topological polar surface area (TPSA) is 97.3 Å². The van der Waals surface area contributed by atoms with Gasteiger partial charge in [0.05, 0.1) is 28.5 Å². The number of benzene rings is 1. The first kappa shape index (κ1) is 24.0. The number of aromatic nitrogens is 1. The third-order valence-electron chi connectivity index (χ3n) is 5.67. The Balaban J connectivity index is 1.39. The zero-order chi connectivity index (χ0) is 24.1. The Morgan fingerprint density at radius 3 is 2.59 bits per heavy atom. The van der Waals surface area contributed by atoms with Crippen molar-refractivity contribution in [3.8, 4) is 6.07 Å². The van der Waals surface area contributed by atoms with Gasteiger partial charge in [-0.1, -0.05) is 12.1 Å². The number of nitrogens with one attached hydrogen (secondary N) is 1. The SMILES string of the molecule is Cc1c(C#N)c(NC(=O)COC(=O)c2ccc(C3SCCCS3)cc2)n(Cc2ccco2)c1C. The predicted octanol–water partition coefficient (Wildman–Crippen LogP) is 5.28. The Bertz CT molecular complexity index is 1200. The van der Waals surface area contributed by atoms with E-state index in [9.17, 15) is 14.9 Å². The molecule has 1 aliphatic rings. The van der Waals surface area contributed by atoms with E-state index in [1.807, 2.05) is 60.1 Å². The van der Waals surface area contributed by atoms with E-state index in [0.717, 1.165) is 22.8 Å². The molecule has 0 radical (unpaired) electrons. The quantitative estimate of drug-likeness (QED) is 0.445. The van der Waals surface area contributed by atoms with Crippen molar-refractivity contribution in [3.05, 3.63) is 76.4 Å². The molecule has 9 heteroatoms. The van der Waals surface area contributed by atoms with Crippen molar-refractivity contribution in [3.63, 3.8) is 0 Å². The van der Waals surface area contributed by atoms with E-state index in [0.29, 0.717) is 33.8 Å². The molecule has 1 N–H and O–H groups in total. The molecule has 0 aliphatic carbocycles. The van der Waals surface area contributed by atoms with Gasteiger partial charge >= 0.3 is 5.97 Å². The number of anilines is 1. The van der Waals surface area contributed by atoms with E-state index in [2.05, 4.69) is 11.4 Å². The largest absolute Gasteiger partial charge is 0.467 e. The predicted molar refractivity (Wildman–Crippen MR) is 134 cm³/mol. The summed E-state index contributed by atoms with van der Waals surface area (Å²) in [7, 11) is 0. The van der Waals surface area contributed by atoms with Crippen molar-refractivity contribution >= 4 is 41.2 Å². The van der Waals surface area contributed by atoms with Crippen molar-refractivity contribution in [2.24, 2.45) is 0 Å². The van der Waals surface area contributed by atoms with Crippen molar-refractivity contribution in [1.29, 1.82) is 5.26 Å². The van der Waals surface area contributed by atoms with Gasteiger partial charge in [0, 0.05) is 5.69 Å². The molecule has 1 aromatic carbocycles. The summed E-state index contributed by atoms with van der Waals surface area (Å²) in [5.41, 5.74) is 3.56. The maximum absolute atomic E-state index is 12.6. The van der Waals surface area contributed by atoms with Crippen molar-refractivity contribution in [2.45, 2.75) is 31.4 Å². The number of amides is 1. The molecule has 176 valence electrons. The number of furan rings is 1. The van der Waals surface area contributed by atoms with Gasteiger partial charge in [0.15, 0.2) is 6.61 Å². The Hall–Kier alpha value is -3.09. The number of rotatable bonds is 7. The lowest BCUT2D eigenvalue weighted by atomic mass is 10.1. The summed E-state index contributed by atoms with van der Waals surface area (Å²) >= 11 is 3.83. The van der Waals surface area contributed by atoms with Crippen LogP contribution in [0.2, 0.25) is 0 Å². The summed E-state index contributed by atoms with van der Waals surface area (Å²) in [6.07, 6.45) is 2.80. The fraction of sp³-hybridized carbons (Fsp3) is 0.320. The second-order valence-electron chi connectivity index (χ2n) is 7.88. The number of thioether (sulfide) groups is 2. The summed E-state index contributed by atoms with van der Waals surface area (Å²) < 4.78 is 12.9. The minimum Gasteiger partial charge on any atom is -0.467 e. The van der Waals surface area contributed by atoms with Crippen LogP contribution in [0.25, 0.3) is 0 Å². The lowest BCUT2D eigenvalue weighted by Crippen LogP contribution is -2.23. The first-order chi connectivity index (χ1) is 16.5. The molecule has 0 spiro atoms. The smallest absolute Gasteiger partial charge is 0.338 e. The van der Waals surface area contributed by atoms with Crippen LogP contribution in [0, 0.1) is 25.2 Å². The van der Waals surface area contributed by atoms with E-state index >= 15 is 0 Å². The Morgan fingerprint density at radius 1 is 1.21 bits per heavy atom. The number of hydrogen-bond donors (Lipinski definition) is 1. The molecule has 0 unspecified atom stereocenters.